The maximum absolute atomic E-state index is 12.1. The lowest BCUT2D eigenvalue weighted by Gasteiger charge is -2.21. The fourth-order valence-corrected chi connectivity index (χ4v) is 2.43. The highest BCUT2D eigenvalue weighted by Crippen LogP contribution is 2.12. The van der Waals surface area contributed by atoms with Gasteiger partial charge in [0.15, 0.2) is 0 Å². The summed E-state index contributed by atoms with van der Waals surface area (Å²) in [5.74, 6) is -1.96. The molecule has 1 aromatic carbocycles. The summed E-state index contributed by atoms with van der Waals surface area (Å²) in [7, 11) is 1.50. The van der Waals surface area contributed by atoms with Crippen molar-refractivity contribution in [2.45, 2.75) is 38.8 Å². The summed E-state index contributed by atoms with van der Waals surface area (Å²) in [6.45, 7) is 3.82. The van der Waals surface area contributed by atoms with Crippen LogP contribution in [0.4, 0.5) is 0 Å². The van der Waals surface area contributed by atoms with E-state index in [0.29, 0.717) is 17.7 Å². The number of rotatable bonds is 11. The zero-order valence-corrected chi connectivity index (χ0v) is 15.2. The van der Waals surface area contributed by atoms with Crippen molar-refractivity contribution in [2.24, 2.45) is 5.92 Å². The Morgan fingerprint density at radius 3 is 2.31 bits per heavy atom. The molecule has 0 aromatic heterocycles. The molecule has 0 aliphatic heterocycles. The molecule has 2 atom stereocenters. The second-order valence-electron chi connectivity index (χ2n) is 6.35. The van der Waals surface area contributed by atoms with Gasteiger partial charge in [-0.15, -0.1) is 0 Å². The zero-order valence-electron chi connectivity index (χ0n) is 15.2. The van der Waals surface area contributed by atoms with Gasteiger partial charge in [-0.3, -0.25) is 19.7 Å². The third kappa shape index (κ3) is 7.10. The van der Waals surface area contributed by atoms with Crippen molar-refractivity contribution in [1.82, 2.24) is 10.6 Å². The van der Waals surface area contributed by atoms with Gasteiger partial charge in [0.05, 0.1) is 7.11 Å². The van der Waals surface area contributed by atoms with Crippen LogP contribution in [0.3, 0.4) is 0 Å². The molecule has 0 saturated heterocycles. The van der Waals surface area contributed by atoms with Crippen molar-refractivity contribution >= 4 is 17.8 Å². The van der Waals surface area contributed by atoms with Gasteiger partial charge in [0.2, 0.25) is 0 Å². The minimum absolute atomic E-state index is 0.0624. The number of ether oxygens (including phenoxy) is 1. The van der Waals surface area contributed by atoms with Crippen molar-refractivity contribution in [3.8, 4) is 5.75 Å². The first-order chi connectivity index (χ1) is 12.2. The van der Waals surface area contributed by atoms with Crippen LogP contribution in [0.15, 0.2) is 24.3 Å². The fourth-order valence-electron chi connectivity index (χ4n) is 2.43. The topological polar surface area (TPSA) is 125 Å². The van der Waals surface area contributed by atoms with Crippen molar-refractivity contribution < 1.29 is 29.3 Å². The Bertz CT molecular complexity index is 632. The van der Waals surface area contributed by atoms with Crippen LogP contribution in [0.25, 0.3) is 0 Å². The van der Waals surface area contributed by atoms with Crippen LogP contribution in [0, 0.1) is 5.92 Å². The van der Waals surface area contributed by atoms with Gasteiger partial charge in [0, 0.05) is 12.1 Å². The van der Waals surface area contributed by atoms with Crippen LogP contribution in [0.2, 0.25) is 0 Å². The van der Waals surface area contributed by atoms with Crippen LogP contribution < -0.4 is 15.4 Å². The van der Waals surface area contributed by atoms with Gasteiger partial charge in [-0.1, -0.05) is 19.9 Å². The number of carbonyl (C=O) groups excluding carboxylic acids is 1. The molecule has 0 unspecified atom stereocenters. The summed E-state index contributed by atoms with van der Waals surface area (Å²) < 4.78 is 5.05. The average molecular weight is 366 g/mol. The Balaban J connectivity index is 2.61. The Morgan fingerprint density at radius 2 is 1.77 bits per heavy atom. The number of aliphatic carboxylic acids is 2. The molecular weight excluding hydrogens is 340 g/mol. The number of methoxy groups -OCH3 is 1. The van der Waals surface area contributed by atoms with Crippen LogP contribution in [-0.4, -0.2) is 53.8 Å². The number of amides is 1. The molecular formula is C18H26N2O6. The van der Waals surface area contributed by atoms with E-state index in [2.05, 4.69) is 10.6 Å². The van der Waals surface area contributed by atoms with Crippen LogP contribution in [0.1, 0.15) is 37.0 Å². The largest absolute Gasteiger partial charge is 0.497 e. The van der Waals surface area contributed by atoms with Crippen LogP contribution in [-0.2, 0) is 9.59 Å². The summed E-state index contributed by atoms with van der Waals surface area (Å²) in [5.41, 5.74) is 0.396. The molecule has 0 radical (unpaired) electrons. The molecule has 1 aromatic rings. The Hall–Kier alpha value is -2.61. The van der Waals surface area contributed by atoms with Gasteiger partial charge in [0.25, 0.3) is 5.91 Å². The first-order valence-corrected chi connectivity index (χ1v) is 8.38. The monoisotopic (exact) mass is 366 g/mol. The predicted octanol–water partition coefficient (Wildman–Crippen LogP) is 1.36. The first-order valence-electron chi connectivity index (χ1n) is 8.38. The number of carboxylic acids is 2. The standard InChI is InChI=1S/C18H26N2O6/c1-11(2)9-15(18(24)25)20-14(17(22)23)7-8-19-16(21)12-5-4-6-13(10-12)26-3/h4-6,10-11,14-15,20H,7-9H2,1-3H3,(H,19,21)(H,22,23)(H,24,25)/t14-,15-/m0/s1. The van der Waals surface area contributed by atoms with Crippen molar-refractivity contribution in [3.63, 3.8) is 0 Å². The number of hydrogen-bond acceptors (Lipinski definition) is 5. The van der Waals surface area contributed by atoms with Gasteiger partial charge >= 0.3 is 11.9 Å². The molecule has 0 saturated carbocycles. The lowest BCUT2D eigenvalue weighted by atomic mass is 10.0. The summed E-state index contributed by atoms with van der Waals surface area (Å²) in [5, 5.41) is 23.8. The number of carbonyl (C=O) groups is 3. The van der Waals surface area contributed by atoms with E-state index in [4.69, 9.17) is 4.74 Å². The molecule has 0 bridgehead atoms. The molecule has 0 heterocycles. The minimum atomic E-state index is -1.16. The van der Waals surface area contributed by atoms with Crippen LogP contribution >= 0.6 is 0 Å². The predicted molar refractivity (Wildman–Crippen MR) is 95.4 cm³/mol. The molecule has 8 heteroatoms. The van der Waals surface area contributed by atoms with E-state index in [1.165, 1.54) is 7.11 Å². The summed E-state index contributed by atoms with van der Waals surface area (Å²) in [6, 6.07) is 4.56. The van der Waals surface area contributed by atoms with E-state index in [0.717, 1.165) is 0 Å². The van der Waals surface area contributed by atoms with E-state index >= 15 is 0 Å². The maximum Gasteiger partial charge on any atom is 0.320 e. The molecule has 4 N–H and O–H groups in total. The third-order valence-electron chi connectivity index (χ3n) is 3.76. The van der Waals surface area contributed by atoms with Gasteiger partial charge < -0.3 is 20.3 Å². The lowest BCUT2D eigenvalue weighted by molar-refractivity contribution is -0.143. The molecule has 144 valence electrons. The lowest BCUT2D eigenvalue weighted by Crippen LogP contribution is -2.49. The fraction of sp³-hybridized carbons (Fsp3) is 0.500. The van der Waals surface area contributed by atoms with Gasteiger partial charge in [-0.05, 0) is 37.0 Å². The molecule has 0 fully saturated rings. The third-order valence-corrected chi connectivity index (χ3v) is 3.76. The van der Waals surface area contributed by atoms with Crippen molar-refractivity contribution in [2.75, 3.05) is 13.7 Å². The van der Waals surface area contributed by atoms with Crippen molar-refractivity contribution in [1.29, 1.82) is 0 Å². The highest BCUT2D eigenvalue weighted by molar-refractivity contribution is 5.94. The molecule has 0 aliphatic rings. The number of hydrogen-bond donors (Lipinski definition) is 4. The molecule has 1 rings (SSSR count). The Labute approximate surface area is 152 Å². The van der Waals surface area contributed by atoms with E-state index in [-0.39, 0.29) is 24.8 Å². The molecule has 26 heavy (non-hydrogen) atoms. The normalized spacial score (nSPS) is 13.1. The zero-order chi connectivity index (χ0) is 19.7. The number of carboxylic acid groups (broad SMARTS) is 2. The minimum Gasteiger partial charge on any atom is -0.497 e. The first kappa shape index (κ1) is 21.4. The Morgan fingerprint density at radius 1 is 1.12 bits per heavy atom. The Kier molecular flexibility index (Phi) is 8.57. The summed E-state index contributed by atoms with van der Waals surface area (Å²) in [4.78, 5) is 34.8. The smallest absolute Gasteiger partial charge is 0.320 e. The highest BCUT2D eigenvalue weighted by atomic mass is 16.5. The van der Waals surface area contributed by atoms with Gasteiger partial charge in [-0.25, -0.2) is 0 Å². The number of benzene rings is 1. The number of nitrogens with one attached hydrogen (secondary N) is 2. The average Bonchev–Trinajstić information content (AvgIpc) is 2.59. The molecule has 0 spiro atoms. The molecule has 8 nitrogen and oxygen atoms in total. The van der Waals surface area contributed by atoms with E-state index < -0.39 is 24.0 Å². The molecule has 0 aliphatic carbocycles. The summed E-state index contributed by atoms with van der Waals surface area (Å²) in [6.07, 6.45) is 0.377. The quantitative estimate of drug-likeness (QED) is 0.466. The van der Waals surface area contributed by atoms with E-state index in [1.807, 2.05) is 13.8 Å². The summed E-state index contributed by atoms with van der Waals surface area (Å²) >= 11 is 0. The maximum atomic E-state index is 12.1. The van der Waals surface area contributed by atoms with Gasteiger partial charge in [-0.2, -0.15) is 0 Å². The van der Waals surface area contributed by atoms with E-state index in [9.17, 15) is 24.6 Å². The second kappa shape index (κ2) is 10.4. The SMILES string of the molecule is COc1cccc(C(=O)NCC[C@H](N[C@@H](CC(C)C)C(=O)O)C(=O)O)c1. The second-order valence-corrected chi connectivity index (χ2v) is 6.35. The highest BCUT2D eigenvalue weighted by Gasteiger charge is 2.26. The van der Waals surface area contributed by atoms with Gasteiger partial charge in [0.1, 0.15) is 17.8 Å². The van der Waals surface area contributed by atoms with Crippen molar-refractivity contribution in [3.05, 3.63) is 29.8 Å². The van der Waals surface area contributed by atoms with E-state index in [1.54, 1.807) is 24.3 Å². The molecule has 1 amide bonds. The van der Waals surface area contributed by atoms with Crippen LogP contribution in [0.5, 0.6) is 5.75 Å².